The normalized spacial score (nSPS) is 16.5. The Kier molecular flexibility index (Phi) is 6.29. The molecule has 0 aliphatic heterocycles. The summed E-state index contributed by atoms with van der Waals surface area (Å²) in [4.78, 5) is 11.3. The average molecular weight is 339 g/mol. The summed E-state index contributed by atoms with van der Waals surface area (Å²) in [5.41, 5.74) is 0.590. The zero-order valence-corrected chi connectivity index (χ0v) is 13.1. The van der Waals surface area contributed by atoms with Crippen LogP contribution in [-0.4, -0.2) is 58.2 Å². The minimum Gasteiger partial charge on any atom is -0.423 e. The van der Waals surface area contributed by atoms with Gasteiger partial charge in [0.2, 0.25) is 0 Å². The highest BCUT2D eigenvalue weighted by Gasteiger charge is 2.24. The van der Waals surface area contributed by atoms with Gasteiger partial charge >= 0.3 is 5.63 Å². The van der Waals surface area contributed by atoms with Crippen LogP contribution in [0.25, 0.3) is 11.0 Å². The Labute approximate surface area is 137 Å². The standard InChI is InChI=1S/C16H21NO7/c1-9(19)14(24-16(22)12(20)8-18)7-17-11-4-2-10-3-5-15(21)23-13(10)6-11/h2-6,9,12,14,16-20,22H,7-8H2,1H3/t9-,12-,14?,16?/m0/s1. The molecular formula is C16H21NO7. The second-order valence-electron chi connectivity index (χ2n) is 5.44. The number of hydrogen-bond acceptors (Lipinski definition) is 8. The van der Waals surface area contributed by atoms with Gasteiger partial charge in [-0.2, -0.15) is 0 Å². The highest BCUT2D eigenvalue weighted by molar-refractivity contribution is 5.80. The lowest BCUT2D eigenvalue weighted by atomic mass is 10.2. The molecule has 24 heavy (non-hydrogen) atoms. The van der Waals surface area contributed by atoms with Gasteiger partial charge in [0.25, 0.3) is 0 Å². The summed E-state index contributed by atoms with van der Waals surface area (Å²) in [6.45, 7) is 0.935. The molecule has 8 nitrogen and oxygen atoms in total. The number of rotatable bonds is 8. The number of nitrogens with one attached hydrogen (secondary N) is 1. The Morgan fingerprint density at radius 3 is 2.58 bits per heavy atom. The van der Waals surface area contributed by atoms with E-state index in [0.717, 1.165) is 5.39 Å². The fourth-order valence-electron chi connectivity index (χ4n) is 2.08. The molecule has 0 aliphatic rings. The molecule has 132 valence electrons. The Hall–Kier alpha value is -1.97. The third-order valence-electron chi connectivity index (χ3n) is 3.50. The Balaban J connectivity index is 2.04. The van der Waals surface area contributed by atoms with Crippen molar-refractivity contribution >= 4 is 16.7 Å². The lowest BCUT2D eigenvalue weighted by Crippen LogP contribution is -2.42. The molecule has 5 N–H and O–H groups in total. The van der Waals surface area contributed by atoms with Crippen molar-refractivity contribution in [2.24, 2.45) is 0 Å². The number of aliphatic hydroxyl groups is 4. The van der Waals surface area contributed by atoms with E-state index in [2.05, 4.69) is 5.32 Å². The summed E-state index contributed by atoms with van der Waals surface area (Å²) in [5, 5.41) is 41.2. The highest BCUT2D eigenvalue weighted by atomic mass is 16.6. The Morgan fingerprint density at radius 1 is 1.21 bits per heavy atom. The predicted molar refractivity (Wildman–Crippen MR) is 86.6 cm³/mol. The summed E-state index contributed by atoms with van der Waals surface area (Å²) in [6, 6.07) is 8.15. The predicted octanol–water partition coefficient (Wildman–Crippen LogP) is -0.358. The molecule has 0 spiro atoms. The highest BCUT2D eigenvalue weighted by Crippen LogP contribution is 2.18. The lowest BCUT2D eigenvalue weighted by molar-refractivity contribution is -0.207. The molecule has 0 aliphatic carbocycles. The molecule has 2 unspecified atom stereocenters. The number of benzene rings is 1. The number of hydrogen-bond donors (Lipinski definition) is 5. The van der Waals surface area contributed by atoms with Gasteiger partial charge in [-0.1, -0.05) is 0 Å². The van der Waals surface area contributed by atoms with E-state index in [1.807, 2.05) is 0 Å². The van der Waals surface area contributed by atoms with Crippen LogP contribution >= 0.6 is 0 Å². The fraction of sp³-hybridized carbons (Fsp3) is 0.438. The SMILES string of the molecule is C[C@H](O)C(CNc1ccc2ccc(=O)oc2c1)OC(O)[C@@H](O)CO. The maximum Gasteiger partial charge on any atom is 0.336 e. The minimum atomic E-state index is -1.62. The summed E-state index contributed by atoms with van der Waals surface area (Å²) < 4.78 is 10.2. The molecule has 1 aromatic heterocycles. The van der Waals surface area contributed by atoms with E-state index >= 15 is 0 Å². The zero-order valence-electron chi connectivity index (χ0n) is 13.1. The van der Waals surface area contributed by atoms with Gasteiger partial charge in [0.1, 0.15) is 17.8 Å². The van der Waals surface area contributed by atoms with Crippen LogP contribution in [0.1, 0.15) is 6.92 Å². The van der Waals surface area contributed by atoms with Crippen LogP contribution in [0.5, 0.6) is 0 Å². The quantitative estimate of drug-likeness (QED) is 0.325. The van der Waals surface area contributed by atoms with Crippen LogP contribution in [0, 0.1) is 0 Å². The van der Waals surface area contributed by atoms with Crippen LogP contribution in [0.4, 0.5) is 5.69 Å². The molecule has 1 heterocycles. The van der Waals surface area contributed by atoms with Gasteiger partial charge < -0.3 is 34.9 Å². The third kappa shape index (κ3) is 4.76. The molecule has 4 atom stereocenters. The number of ether oxygens (including phenoxy) is 1. The zero-order chi connectivity index (χ0) is 17.7. The molecule has 0 bridgehead atoms. The van der Waals surface area contributed by atoms with Gasteiger partial charge in [0.15, 0.2) is 6.29 Å². The maximum atomic E-state index is 11.3. The van der Waals surface area contributed by atoms with Crippen molar-refractivity contribution in [3.05, 3.63) is 40.8 Å². The van der Waals surface area contributed by atoms with Crippen molar-refractivity contribution in [3.8, 4) is 0 Å². The van der Waals surface area contributed by atoms with E-state index in [9.17, 15) is 20.1 Å². The Bertz CT molecular complexity index is 715. The summed E-state index contributed by atoms with van der Waals surface area (Å²) >= 11 is 0. The van der Waals surface area contributed by atoms with Crippen molar-refractivity contribution in [3.63, 3.8) is 0 Å². The third-order valence-corrected chi connectivity index (χ3v) is 3.50. The maximum absolute atomic E-state index is 11.3. The van der Waals surface area contributed by atoms with E-state index in [4.69, 9.17) is 14.3 Å². The van der Waals surface area contributed by atoms with Gasteiger partial charge in [0, 0.05) is 29.8 Å². The van der Waals surface area contributed by atoms with E-state index in [0.29, 0.717) is 11.3 Å². The molecule has 0 amide bonds. The van der Waals surface area contributed by atoms with Gasteiger partial charge in [-0.25, -0.2) is 4.79 Å². The number of anilines is 1. The summed E-state index contributed by atoms with van der Waals surface area (Å²) in [6.07, 6.45) is -4.84. The van der Waals surface area contributed by atoms with Crippen LogP contribution < -0.4 is 10.9 Å². The van der Waals surface area contributed by atoms with E-state index in [1.54, 1.807) is 24.3 Å². The smallest absolute Gasteiger partial charge is 0.336 e. The van der Waals surface area contributed by atoms with Crippen molar-refractivity contribution in [2.75, 3.05) is 18.5 Å². The van der Waals surface area contributed by atoms with Crippen molar-refractivity contribution in [1.82, 2.24) is 0 Å². The van der Waals surface area contributed by atoms with Crippen molar-refractivity contribution < 1.29 is 29.6 Å². The molecule has 2 rings (SSSR count). The van der Waals surface area contributed by atoms with Crippen molar-refractivity contribution in [1.29, 1.82) is 0 Å². The van der Waals surface area contributed by atoms with Gasteiger partial charge in [0.05, 0.1) is 12.7 Å². The largest absolute Gasteiger partial charge is 0.423 e. The molecule has 8 heteroatoms. The molecule has 0 fully saturated rings. The van der Waals surface area contributed by atoms with Gasteiger partial charge in [-0.15, -0.1) is 0 Å². The molecule has 1 aromatic carbocycles. The van der Waals surface area contributed by atoms with E-state index in [-0.39, 0.29) is 6.54 Å². The second-order valence-corrected chi connectivity index (χ2v) is 5.44. The van der Waals surface area contributed by atoms with E-state index < -0.39 is 36.8 Å². The second kappa shape index (κ2) is 8.22. The summed E-state index contributed by atoms with van der Waals surface area (Å²) in [7, 11) is 0. The topological polar surface area (TPSA) is 132 Å². The van der Waals surface area contributed by atoms with Crippen molar-refractivity contribution in [2.45, 2.75) is 31.5 Å². The van der Waals surface area contributed by atoms with Crippen LogP contribution in [0.3, 0.4) is 0 Å². The fourth-order valence-corrected chi connectivity index (χ4v) is 2.08. The minimum absolute atomic E-state index is 0.120. The molecule has 0 saturated carbocycles. The van der Waals surface area contributed by atoms with Crippen LogP contribution in [-0.2, 0) is 4.74 Å². The molecule has 2 aromatic rings. The van der Waals surface area contributed by atoms with E-state index in [1.165, 1.54) is 13.0 Å². The molecule has 0 radical (unpaired) electrons. The Morgan fingerprint density at radius 2 is 1.92 bits per heavy atom. The monoisotopic (exact) mass is 339 g/mol. The molecule has 0 saturated heterocycles. The van der Waals surface area contributed by atoms with Gasteiger partial charge in [-0.05, 0) is 25.1 Å². The first-order valence-electron chi connectivity index (χ1n) is 7.49. The average Bonchev–Trinajstić information content (AvgIpc) is 2.56. The molecular weight excluding hydrogens is 318 g/mol. The number of aliphatic hydroxyl groups excluding tert-OH is 4. The van der Waals surface area contributed by atoms with Crippen LogP contribution in [0.15, 0.2) is 39.5 Å². The number of fused-ring (bicyclic) bond motifs is 1. The first kappa shape index (κ1) is 18.4. The lowest BCUT2D eigenvalue weighted by Gasteiger charge is -2.26. The first-order valence-corrected chi connectivity index (χ1v) is 7.49. The summed E-state index contributed by atoms with van der Waals surface area (Å²) in [5.74, 6) is 0. The first-order chi connectivity index (χ1) is 11.4. The van der Waals surface area contributed by atoms with Crippen LogP contribution in [0.2, 0.25) is 0 Å². The van der Waals surface area contributed by atoms with Gasteiger partial charge in [-0.3, -0.25) is 0 Å².